The molecular weight excluding hydrogens is 474 g/mol. The summed E-state index contributed by atoms with van der Waals surface area (Å²) in [7, 11) is 3.01. The van der Waals surface area contributed by atoms with Crippen molar-refractivity contribution in [3.8, 4) is 17.2 Å². The summed E-state index contributed by atoms with van der Waals surface area (Å²) in [5.41, 5.74) is 6.80. The van der Waals surface area contributed by atoms with Crippen molar-refractivity contribution in [3.63, 3.8) is 0 Å². The van der Waals surface area contributed by atoms with Crippen LogP contribution in [0.2, 0.25) is 0 Å². The van der Waals surface area contributed by atoms with Gasteiger partial charge in [0.15, 0.2) is 23.3 Å². The molecule has 0 spiro atoms. The number of methoxy groups -OCH3 is 2. The molecule has 8 nitrogen and oxygen atoms in total. The molecular formula is C20H18BrN3O5S. The molecule has 156 valence electrons. The lowest BCUT2D eigenvalue weighted by Crippen LogP contribution is -2.20. The Hall–Kier alpha value is -2.98. The van der Waals surface area contributed by atoms with Crippen LogP contribution in [0.1, 0.15) is 5.56 Å². The first-order valence-corrected chi connectivity index (χ1v) is 10.2. The van der Waals surface area contributed by atoms with E-state index in [1.807, 2.05) is 6.07 Å². The number of benzene rings is 2. The highest BCUT2D eigenvalue weighted by Crippen LogP contribution is 2.36. The van der Waals surface area contributed by atoms with Crippen molar-refractivity contribution < 1.29 is 23.8 Å². The van der Waals surface area contributed by atoms with E-state index in [0.29, 0.717) is 37.9 Å². The molecule has 0 saturated carbocycles. The van der Waals surface area contributed by atoms with Gasteiger partial charge < -0.3 is 25.3 Å². The molecule has 2 aromatic rings. The monoisotopic (exact) mass is 491 g/mol. The third kappa shape index (κ3) is 5.14. The van der Waals surface area contributed by atoms with Gasteiger partial charge in [-0.3, -0.25) is 9.59 Å². The number of nitrogens with zero attached hydrogens (tertiary/aromatic N) is 1. The van der Waals surface area contributed by atoms with Crippen LogP contribution < -0.4 is 25.3 Å². The number of amidine groups is 1. The number of amides is 2. The standard InChI is InChI=1S/C20H18BrN3O5S/c1-27-14-6-4-3-5-13(14)23-18(25)10-29-16-9-12(21)11(7-15(16)28-2)8-17-19(26)24-20(22)30-17/h3-9H,10H2,1-2H3,(H,23,25)(H2,22,24,26). The second kappa shape index (κ2) is 9.68. The van der Waals surface area contributed by atoms with Crippen LogP contribution in [-0.4, -0.2) is 37.8 Å². The van der Waals surface area contributed by atoms with E-state index in [9.17, 15) is 9.59 Å². The molecule has 10 heteroatoms. The van der Waals surface area contributed by atoms with Gasteiger partial charge in [-0.05, 0) is 47.7 Å². The van der Waals surface area contributed by atoms with Gasteiger partial charge >= 0.3 is 0 Å². The largest absolute Gasteiger partial charge is 0.495 e. The van der Waals surface area contributed by atoms with Crippen LogP contribution in [-0.2, 0) is 9.59 Å². The maximum atomic E-state index is 12.3. The normalized spacial score (nSPS) is 14.4. The third-order valence-electron chi connectivity index (χ3n) is 3.95. The molecule has 1 aliphatic heterocycles. The number of rotatable bonds is 7. The van der Waals surface area contributed by atoms with Crippen LogP contribution in [0, 0.1) is 0 Å². The van der Waals surface area contributed by atoms with Crippen molar-refractivity contribution >= 4 is 56.4 Å². The van der Waals surface area contributed by atoms with Crippen molar-refractivity contribution in [3.05, 3.63) is 51.3 Å². The number of nitrogens with two attached hydrogens (primary N) is 1. The molecule has 3 N–H and O–H groups in total. The molecule has 0 radical (unpaired) electrons. The van der Waals surface area contributed by atoms with Gasteiger partial charge in [0.05, 0.1) is 24.8 Å². The summed E-state index contributed by atoms with van der Waals surface area (Å²) in [5.74, 6) is 0.566. The molecule has 0 atom stereocenters. The van der Waals surface area contributed by atoms with Crippen LogP contribution in [0.15, 0.2) is 50.8 Å². The average Bonchev–Trinajstić information content (AvgIpc) is 3.05. The Morgan fingerprint density at radius 2 is 1.93 bits per heavy atom. The van der Waals surface area contributed by atoms with Crippen molar-refractivity contribution in [1.82, 2.24) is 0 Å². The van der Waals surface area contributed by atoms with Gasteiger partial charge in [-0.1, -0.05) is 28.1 Å². The van der Waals surface area contributed by atoms with E-state index in [4.69, 9.17) is 19.9 Å². The first-order chi connectivity index (χ1) is 14.4. The SMILES string of the molecule is COc1ccccc1NC(=O)COc1cc(Br)c(C=C2SC(N)=NC2=O)cc1OC. The molecule has 0 aromatic heterocycles. The predicted octanol–water partition coefficient (Wildman–Crippen LogP) is 3.41. The fourth-order valence-corrected chi connectivity index (χ4v) is 3.69. The predicted molar refractivity (Wildman–Crippen MR) is 120 cm³/mol. The number of halogens is 1. The first kappa shape index (κ1) is 21.7. The number of para-hydroxylation sites is 2. The Morgan fingerprint density at radius 3 is 2.60 bits per heavy atom. The quantitative estimate of drug-likeness (QED) is 0.570. The zero-order valence-electron chi connectivity index (χ0n) is 16.1. The molecule has 0 unspecified atom stereocenters. The van der Waals surface area contributed by atoms with E-state index in [1.54, 1.807) is 36.4 Å². The number of aliphatic imine (C=N–C) groups is 1. The molecule has 30 heavy (non-hydrogen) atoms. The maximum Gasteiger partial charge on any atom is 0.286 e. The van der Waals surface area contributed by atoms with E-state index in [2.05, 4.69) is 26.2 Å². The summed E-state index contributed by atoms with van der Waals surface area (Å²) >= 11 is 4.54. The highest BCUT2D eigenvalue weighted by Gasteiger charge is 2.20. The van der Waals surface area contributed by atoms with Crippen molar-refractivity contribution in [1.29, 1.82) is 0 Å². The van der Waals surface area contributed by atoms with Crippen molar-refractivity contribution in [2.24, 2.45) is 10.7 Å². The van der Waals surface area contributed by atoms with Gasteiger partial charge in [-0.15, -0.1) is 0 Å². The second-order valence-electron chi connectivity index (χ2n) is 5.93. The highest BCUT2D eigenvalue weighted by molar-refractivity contribution is 9.10. The average molecular weight is 492 g/mol. The van der Waals surface area contributed by atoms with Crippen molar-refractivity contribution in [2.45, 2.75) is 0 Å². The van der Waals surface area contributed by atoms with E-state index in [0.717, 1.165) is 11.8 Å². The molecule has 0 saturated heterocycles. The number of anilines is 1. The summed E-state index contributed by atoms with van der Waals surface area (Å²) in [4.78, 5) is 28.2. The minimum absolute atomic E-state index is 0.204. The van der Waals surface area contributed by atoms with Gasteiger partial charge in [-0.25, -0.2) is 0 Å². The number of nitrogens with one attached hydrogen (secondary N) is 1. The number of ether oxygens (including phenoxy) is 3. The zero-order chi connectivity index (χ0) is 21.7. The summed E-state index contributed by atoms with van der Waals surface area (Å²) in [5, 5.41) is 2.94. The number of hydrogen-bond acceptors (Lipinski definition) is 7. The molecule has 1 aliphatic rings. The van der Waals surface area contributed by atoms with Crippen LogP contribution in [0.5, 0.6) is 17.2 Å². The lowest BCUT2D eigenvalue weighted by atomic mass is 10.2. The Bertz CT molecular complexity index is 1050. The second-order valence-corrected chi connectivity index (χ2v) is 7.84. The van der Waals surface area contributed by atoms with Gasteiger partial charge in [-0.2, -0.15) is 4.99 Å². The number of thioether (sulfide) groups is 1. The topological polar surface area (TPSA) is 112 Å². The Kier molecular flexibility index (Phi) is 7.01. The lowest BCUT2D eigenvalue weighted by molar-refractivity contribution is -0.118. The number of hydrogen-bond donors (Lipinski definition) is 2. The van der Waals surface area contributed by atoms with Gasteiger partial charge in [0.1, 0.15) is 5.75 Å². The molecule has 0 fully saturated rings. The summed E-state index contributed by atoms with van der Waals surface area (Å²) in [6, 6.07) is 10.4. The fraction of sp³-hybridized carbons (Fsp3) is 0.150. The van der Waals surface area contributed by atoms with Crippen LogP contribution >= 0.6 is 27.7 Å². The van der Waals surface area contributed by atoms with Gasteiger partial charge in [0.25, 0.3) is 11.8 Å². The molecule has 0 aliphatic carbocycles. The number of carbonyl (C=O) groups is 2. The molecule has 2 amide bonds. The van der Waals surface area contributed by atoms with Crippen LogP contribution in [0.3, 0.4) is 0 Å². The van der Waals surface area contributed by atoms with Crippen LogP contribution in [0.25, 0.3) is 6.08 Å². The maximum absolute atomic E-state index is 12.3. The molecule has 2 aromatic carbocycles. The summed E-state index contributed by atoms with van der Waals surface area (Å²) < 4.78 is 16.9. The van der Waals surface area contributed by atoms with Crippen LogP contribution in [0.4, 0.5) is 5.69 Å². The zero-order valence-corrected chi connectivity index (χ0v) is 18.5. The Balaban J connectivity index is 1.72. The van der Waals surface area contributed by atoms with E-state index < -0.39 is 5.91 Å². The first-order valence-electron chi connectivity index (χ1n) is 8.62. The number of carbonyl (C=O) groups excluding carboxylic acids is 2. The van der Waals surface area contributed by atoms with E-state index in [1.165, 1.54) is 14.2 Å². The van der Waals surface area contributed by atoms with Gasteiger partial charge in [0, 0.05) is 4.47 Å². The van der Waals surface area contributed by atoms with Gasteiger partial charge in [0.2, 0.25) is 0 Å². The highest BCUT2D eigenvalue weighted by atomic mass is 79.9. The Morgan fingerprint density at radius 1 is 1.20 bits per heavy atom. The summed E-state index contributed by atoms with van der Waals surface area (Å²) in [6.45, 7) is -0.236. The van der Waals surface area contributed by atoms with E-state index in [-0.39, 0.29) is 17.7 Å². The Labute approximate surface area is 185 Å². The fourth-order valence-electron chi connectivity index (χ4n) is 2.58. The van der Waals surface area contributed by atoms with Crippen molar-refractivity contribution in [2.75, 3.05) is 26.1 Å². The molecule has 3 rings (SSSR count). The minimum atomic E-state index is -0.392. The molecule has 0 bridgehead atoms. The smallest absolute Gasteiger partial charge is 0.286 e. The summed E-state index contributed by atoms with van der Waals surface area (Å²) in [6.07, 6.45) is 1.65. The lowest BCUT2D eigenvalue weighted by Gasteiger charge is -2.14. The molecule has 1 heterocycles. The van der Waals surface area contributed by atoms with E-state index >= 15 is 0 Å². The minimum Gasteiger partial charge on any atom is -0.495 e. The third-order valence-corrected chi connectivity index (χ3v) is 5.45.